The third kappa shape index (κ3) is 4.26. The predicted octanol–water partition coefficient (Wildman–Crippen LogP) is -1.16. The molecule has 1 N–H and O–H groups in total. The molecule has 1 aromatic heterocycles. The van der Waals surface area contributed by atoms with Gasteiger partial charge in [0.05, 0.1) is 0 Å². The standard InChI is InChI=1S/C8H6BrN3O3S2.Na/c9-6-4-2-1-3-5(6)7-10-11-8(16-7)12-17(13,14)15;/h1-4H,(H,11,12)(H,13,14,15);/q;+1/p-1. The normalized spacial score (nSPS) is 10.8. The number of anilines is 1. The van der Waals surface area contributed by atoms with Crippen LogP contribution in [0.1, 0.15) is 0 Å². The second kappa shape index (κ2) is 6.42. The van der Waals surface area contributed by atoms with E-state index in [-0.39, 0.29) is 34.7 Å². The fraction of sp³-hybridized carbons (Fsp3) is 0. The van der Waals surface area contributed by atoms with E-state index in [0.717, 1.165) is 21.4 Å². The van der Waals surface area contributed by atoms with Gasteiger partial charge in [0.25, 0.3) is 0 Å². The first-order chi connectivity index (χ1) is 7.96. The van der Waals surface area contributed by atoms with Crippen LogP contribution < -0.4 is 34.3 Å². The molecule has 1 heterocycles. The molecule has 0 fully saturated rings. The second-order valence-corrected chi connectivity index (χ2v) is 5.89. The second-order valence-electron chi connectivity index (χ2n) is 2.95. The molecule has 10 heteroatoms. The maximum Gasteiger partial charge on any atom is 1.00 e. The fourth-order valence-electron chi connectivity index (χ4n) is 1.11. The number of aromatic nitrogens is 2. The van der Waals surface area contributed by atoms with Crippen molar-refractivity contribution in [3.8, 4) is 10.6 Å². The molecule has 6 nitrogen and oxygen atoms in total. The van der Waals surface area contributed by atoms with Crippen LogP contribution in [0.15, 0.2) is 28.7 Å². The molecule has 0 unspecified atom stereocenters. The molecule has 90 valence electrons. The van der Waals surface area contributed by atoms with Crippen molar-refractivity contribution in [2.75, 3.05) is 4.72 Å². The first-order valence-electron chi connectivity index (χ1n) is 4.28. The Labute approximate surface area is 138 Å². The molecule has 1 aromatic carbocycles. The summed E-state index contributed by atoms with van der Waals surface area (Å²) < 4.78 is 34.0. The Bertz CT molecular complexity index is 647. The van der Waals surface area contributed by atoms with Crippen molar-refractivity contribution in [1.82, 2.24) is 10.2 Å². The Morgan fingerprint density at radius 2 is 1.94 bits per heavy atom. The third-order valence-electron chi connectivity index (χ3n) is 1.74. The minimum absolute atomic E-state index is 0. The minimum Gasteiger partial charge on any atom is -0.731 e. The zero-order valence-corrected chi connectivity index (χ0v) is 14.3. The average molecular weight is 358 g/mol. The maximum absolute atomic E-state index is 10.5. The van der Waals surface area contributed by atoms with Crippen molar-refractivity contribution in [3.63, 3.8) is 0 Å². The van der Waals surface area contributed by atoms with E-state index < -0.39 is 10.3 Å². The van der Waals surface area contributed by atoms with Gasteiger partial charge in [0.1, 0.15) is 0 Å². The van der Waals surface area contributed by atoms with Crippen molar-refractivity contribution in [2.45, 2.75) is 0 Å². The summed E-state index contributed by atoms with van der Waals surface area (Å²) in [5.41, 5.74) is 0.779. The molecule has 2 rings (SSSR count). The molecular weight excluding hydrogens is 353 g/mol. The minimum atomic E-state index is -4.56. The van der Waals surface area contributed by atoms with Crippen LogP contribution in [-0.2, 0) is 10.3 Å². The van der Waals surface area contributed by atoms with Crippen molar-refractivity contribution in [3.05, 3.63) is 28.7 Å². The van der Waals surface area contributed by atoms with Crippen LogP contribution in [0, 0.1) is 0 Å². The number of nitrogens with one attached hydrogen (secondary N) is 1. The molecule has 0 aliphatic heterocycles. The van der Waals surface area contributed by atoms with E-state index in [0.29, 0.717) is 5.01 Å². The van der Waals surface area contributed by atoms with E-state index in [1.54, 1.807) is 10.8 Å². The number of hydrogen-bond donors (Lipinski definition) is 1. The molecule has 0 amide bonds. The van der Waals surface area contributed by atoms with E-state index in [2.05, 4.69) is 26.1 Å². The summed E-state index contributed by atoms with van der Waals surface area (Å²) in [6, 6.07) is 7.29. The monoisotopic (exact) mass is 357 g/mol. The third-order valence-corrected chi connectivity index (χ3v) is 3.88. The number of hydrogen-bond acceptors (Lipinski definition) is 6. The molecule has 0 aliphatic carbocycles. The van der Waals surface area contributed by atoms with E-state index in [4.69, 9.17) is 0 Å². The number of halogens is 1. The Morgan fingerprint density at radius 3 is 2.56 bits per heavy atom. The molecule has 0 aliphatic rings. The van der Waals surface area contributed by atoms with Gasteiger partial charge in [-0.05, 0) is 6.07 Å². The average Bonchev–Trinajstić information content (AvgIpc) is 2.64. The largest absolute Gasteiger partial charge is 1.00 e. The molecule has 0 radical (unpaired) electrons. The number of rotatable bonds is 3. The smallest absolute Gasteiger partial charge is 0.731 e. The first kappa shape index (κ1) is 16.0. The van der Waals surface area contributed by atoms with Gasteiger partial charge in [0, 0.05) is 10.0 Å². The first-order valence-corrected chi connectivity index (χ1v) is 7.29. The molecule has 2 aromatic rings. The Balaban J connectivity index is 0.00000162. The molecule has 18 heavy (non-hydrogen) atoms. The molecule has 0 spiro atoms. The Morgan fingerprint density at radius 1 is 1.28 bits per heavy atom. The Kier molecular flexibility index (Phi) is 5.71. The van der Waals surface area contributed by atoms with Gasteiger partial charge in [0.2, 0.25) is 5.13 Å². The summed E-state index contributed by atoms with van der Waals surface area (Å²) in [6.07, 6.45) is 0. The van der Waals surface area contributed by atoms with Gasteiger partial charge < -0.3 is 4.55 Å². The number of benzene rings is 1. The van der Waals surface area contributed by atoms with Gasteiger partial charge in [-0.25, -0.2) is 8.42 Å². The van der Waals surface area contributed by atoms with Crippen LogP contribution in [0.4, 0.5) is 5.13 Å². The van der Waals surface area contributed by atoms with Gasteiger partial charge >= 0.3 is 29.6 Å². The van der Waals surface area contributed by atoms with Crippen molar-refractivity contribution in [2.24, 2.45) is 0 Å². The van der Waals surface area contributed by atoms with E-state index in [1.807, 2.05) is 18.2 Å². The molecule has 0 atom stereocenters. The van der Waals surface area contributed by atoms with Crippen LogP contribution in [0.25, 0.3) is 10.6 Å². The summed E-state index contributed by atoms with van der Waals surface area (Å²) >= 11 is 4.33. The van der Waals surface area contributed by atoms with Gasteiger partial charge in [0.15, 0.2) is 15.3 Å². The van der Waals surface area contributed by atoms with Crippen LogP contribution >= 0.6 is 27.3 Å². The predicted molar refractivity (Wildman–Crippen MR) is 66.4 cm³/mol. The molecule has 0 saturated carbocycles. The SMILES string of the molecule is O=S(=O)([O-])Nc1nnc(-c2ccccc2Br)s1.[Na+]. The van der Waals surface area contributed by atoms with Crippen molar-refractivity contribution in [1.29, 1.82) is 0 Å². The Hall–Kier alpha value is -0.0300. The van der Waals surface area contributed by atoms with E-state index >= 15 is 0 Å². The van der Waals surface area contributed by atoms with Crippen LogP contribution in [0.2, 0.25) is 0 Å². The van der Waals surface area contributed by atoms with E-state index in [1.165, 1.54) is 0 Å². The maximum atomic E-state index is 10.5. The summed E-state index contributed by atoms with van der Waals surface area (Å²) in [4.78, 5) is 0. The summed E-state index contributed by atoms with van der Waals surface area (Å²) in [5.74, 6) is 0. The quantitative estimate of drug-likeness (QED) is 0.552. The van der Waals surface area contributed by atoms with E-state index in [9.17, 15) is 13.0 Å². The topological polar surface area (TPSA) is 95.0 Å². The van der Waals surface area contributed by atoms with Crippen LogP contribution in [-0.4, -0.2) is 23.2 Å². The van der Waals surface area contributed by atoms with Gasteiger partial charge in [-0.3, -0.25) is 4.72 Å². The summed E-state index contributed by atoms with van der Waals surface area (Å²) in [6.45, 7) is 0. The summed E-state index contributed by atoms with van der Waals surface area (Å²) in [5, 5.41) is 7.85. The van der Waals surface area contributed by atoms with Crippen molar-refractivity contribution >= 4 is 42.7 Å². The van der Waals surface area contributed by atoms with Gasteiger partial charge in [-0.1, -0.05) is 45.5 Å². The van der Waals surface area contributed by atoms with Gasteiger partial charge in [-0.2, -0.15) is 0 Å². The number of nitrogens with zero attached hydrogens (tertiary/aromatic N) is 2. The van der Waals surface area contributed by atoms with Crippen LogP contribution in [0.3, 0.4) is 0 Å². The van der Waals surface area contributed by atoms with Crippen molar-refractivity contribution < 1.29 is 42.5 Å². The molecule has 0 saturated heterocycles. The molecule has 0 bridgehead atoms. The van der Waals surface area contributed by atoms with Crippen LogP contribution in [0.5, 0.6) is 0 Å². The fourth-order valence-corrected chi connectivity index (χ4v) is 3.08. The summed E-state index contributed by atoms with van der Waals surface area (Å²) in [7, 11) is -4.56. The zero-order valence-electron chi connectivity index (χ0n) is 9.12. The zero-order chi connectivity index (χ0) is 12.5. The van der Waals surface area contributed by atoms with Gasteiger partial charge in [-0.15, -0.1) is 10.2 Å². The molecular formula is C8H5BrN3NaO3S2.